The number of rotatable bonds is 5. The molecule has 0 unspecified atom stereocenters. The molecule has 33 heavy (non-hydrogen) atoms. The van der Waals surface area contributed by atoms with E-state index in [1.54, 1.807) is 12.1 Å². The van der Waals surface area contributed by atoms with Crippen LogP contribution in [0.3, 0.4) is 0 Å². The lowest BCUT2D eigenvalue weighted by Crippen LogP contribution is -2.48. The summed E-state index contributed by atoms with van der Waals surface area (Å²) in [7, 11) is 0. The standard InChI is InChI=1S/C25H22N4O3S/c30-24(20-8-6-19(7-9-20)16-18-4-2-1-3-5-18)27-12-14-28(15-13-27)25-26-22-11-10-21(29(31)32)17-23(22)33-25/h1-11,17H,12-16H2. The van der Waals surface area contributed by atoms with Crippen molar-refractivity contribution in [2.45, 2.75) is 6.42 Å². The summed E-state index contributed by atoms with van der Waals surface area (Å²) in [5.74, 6) is 0.0424. The Kier molecular flexibility index (Phi) is 5.75. The molecule has 7 nitrogen and oxygen atoms in total. The van der Waals surface area contributed by atoms with Crippen molar-refractivity contribution in [2.24, 2.45) is 0 Å². The first-order valence-corrected chi connectivity index (χ1v) is 11.6. The highest BCUT2D eigenvalue weighted by atomic mass is 32.1. The highest BCUT2D eigenvalue weighted by molar-refractivity contribution is 7.22. The number of thiazole rings is 1. The predicted molar refractivity (Wildman–Crippen MR) is 130 cm³/mol. The molecule has 8 heteroatoms. The molecule has 4 aromatic rings. The van der Waals surface area contributed by atoms with E-state index in [0.717, 1.165) is 21.8 Å². The van der Waals surface area contributed by atoms with Gasteiger partial charge in [0.1, 0.15) is 0 Å². The van der Waals surface area contributed by atoms with Crippen molar-refractivity contribution in [1.82, 2.24) is 9.88 Å². The van der Waals surface area contributed by atoms with Crippen molar-refractivity contribution in [1.29, 1.82) is 0 Å². The Morgan fingerprint density at radius 3 is 2.33 bits per heavy atom. The molecule has 0 saturated carbocycles. The third-order valence-electron chi connectivity index (χ3n) is 5.86. The van der Waals surface area contributed by atoms with Gasteiger partial charge in [-0.2, -0.15) is 0 Å². The van der Waals surface area contributed by atoms with Crippen LogP contribution in [0.25, 0.3) is 10.2 Å². The van der Waals surface area contributed by atoms with E-state index in [1.165, 1.54) is 28.5 Å². The molecule has 1 aromatic heterocycles. The van der Waals surface area contributed by atoms with Crippen molar-refractivity contribution in [3.05, 3.63) is 99.6 Å². The van der Waals surface area contributed by atoms with Crippen LogP contribution in [-0.4, -0.2) is 46.9 Å². The van der Waals surface area contributed by atoms with Gasteiger partial charge < -0.3 is 9.80 Å². The van der Waals surface area contributed by atoms with Gasteiger partial charge in [-0.25, -0.2) is 4.98 Å². The summed E-state index contributed by atoms with van der Waals surface area (Å²) in [6, 6.07) is 22.9. The molecule has 5 rings (SSSR count). The van der Waals surface area contributed by atoms with Gasteiger partial charge in [-0.3, -0.25) is 14.9 Å². The van der Waals surface area contributed by atoms with Crippen molar-refractivity contribution < 1.29 is 9.72 Å². The second kappa shape index (κ2) is 8.99. The highest BCUT2D eigenvalue weighted by Crippen LogP contribution is 2.32. The number of non-ortho nitro benzene ring substituents is 1. The molecule has 0 aliphatic carbocycles. The van der Waals surface area contributed by atoms with Crippen molar-refractivity contribution in [2.75, 3.05) is 31.1 Å². The van der Waals surface area contributed by atoms with E-state index in [-0.39, 0.29) is 11.6 Å². The summed E-state index contributed by atoms with van der Waals surface area (Å²) in [5.41, 5.74) is 3.96. The van der Waals surface area contributed by atoms with Gasteiger partial charge in [-0.05, 0) is 35.7 Å². The van der Waals surface area contributed by atoms with E-state index in [9.17, 15) is 14.9 Å². The van der Waals surface area contributed by atoms with E-state index >= 15 is 0 Å². The van der Waals surface area contributed by atoms with Crippen LogP contribution in [0.4, 0.5) is 10.8 Å². The average molecular weight is 459 g/mol. The minimum absolute atomic E-state index is 0.0424. The Hall–Kier alpha value is -3.78. The normalized spacial score (nSPS) is 13.9. The van der Waals surface area contributed by atoms with Gasteiger partial charge in [0.25, 0.3) is 11.6 Å². The topological polar surface area (TPSA) is 79.6 Å². The largest absolute Gasteiger partial charge is 0.345 e. The number of hydrogen-bond donors (Lipinski definition) is 0. The minimum atomic E-state index is -0.391. The van der Waals surface area contributed by atoms with E-state index < -0.39 is 4.92 Å². The van der Waals surface area contributed by atoms with Crippen LogP contribution in [0.2, 0.25) is 0 Å². The number of anilines is 1. The maximum atomic E-state index is 13.0. The zero-order valence-electron chi connectivity index (χ0n) is 17.9. The molecular formula is C25H22N4O3S. The van der Waals surface area contributed by atoms with Gasteiger partial charge >= 0.3 is 0 Å². The summed E-state index contributed by atoms with van der Waals surface area (Å²) in [6.07, 6.45) is 0.847. The molecule has 2 heterocycles. The molecule has 1 aliphatic heterocycles. The molecule has 1 aliphatic rings. The monoisotopic (exact) mass is 458 g/mol. The quantitative estimate of drug-likeness (QED) is 0.318. The lowest BCUT2D eigenvalue weighted by atomic mass is 10.0. The summed E-state index contributed by atoms with van der Waals surface area (Å²) in [5, 5.41) is 11.8. The summed E-state index contributed by atoms with van der Waals surface area (Å²) < 4.78 is 0.799. The smallest absolute Gasteiger partial charge is 0.270 e. The van der Waals surface area contributed by atoms with Gasteiger partial charge in [-0.15, -0.1) is 0 Å². The number of aromatic nitrogens is 1. The van der Waals surface area contributed by atoms with Gasteiger partial charge in [0.05, 0.1) is 15.1 Å². The Bertz CT molecular complexity index is 1300. The van der Waals surface area contributed by atoms with Crippen LogP contribution in [0.5, 0.6) is 0 Å². The number of amides is 1. The Morgan fingerprint density at radius 1 is 0.939 bits per heavy atom. The fourth-order valence-corrected chi connectivity index (χ4v) is 5.08. The average Bonchev–Trinajstić information content (AvgIpc) is 3.28. The van der Waals surface area contributed by atoms with Crippen LogP contribution in [0.15, 0.2) is 72.8 Å². The molecule has 1 fully saturated rings. The van der Waals surface area contributed by atoms with Crippen LogP contribution in [-0.2, 0) is 6.42 Å². The first-order chi connectivity index (χ1) is 16.1. The number of fused-ring (bicyclic) bond motifs is 1. The Labute approximate surface area is 195 Å². The number of nitro benzene ring substituents is 1. The van der Waals surface area contributed by atoms with Crippen molar-refractivity contribution >= 4 is 38.3 Å². The van der Waals surface area contributed by atoms with Crippen LogP contribution >= 0.6 is 11.3 Å². The molecule has 0 spiro atoms. The zero-order valence-corrected chi connectivity index (χ0v) is 18.7. The predicted octanol–water partition coefficient (Wildman–Crippen LogP) is 4.76. The van der Waals surface area contributed by atoms with Gasteiger partial charge in [-0.1, -0.05) is 53.8 Å². The van der Waals surface area contributed by atoms with Gasteiger partial charge in [0, 0.05) is 43.9 Å². The minimum Gasteiger partial charge on any atom is -0.345 e. The maximum Gasteiger partial charge on any atom is 0.270 e. The molecule has 0 atom stereocenters. The summed E-state index contributed by atoms with van der Waals surface area (Å²) in [4.78, 5) is 32.3. The number of piperazine rings is 1. The van der Waals surface area contributed by atoms with Crippen LogP contribution in [0.1, 0.15) is 21.5 Å². The third-order valence-corrected chi connectivity index (χ3v) is 6.94. The van der Waals surface area contributed by atoms with Crippen LogP contribution < -0.4 is 4.90 Å². The van der Waals surface area contributed by atoms with Gasteiger partial charge in [0.15, 0.2) is 5.13 Å². The van der Waals surface area contributed by atoms with E-state index in [2.05, 4.69) is 22.0 Å². The fourth-order valence-electron chi connectivity index (χ4n) is 4.03. The van der Waals surface area contributed by atoms with E-state index in [1.807, 2.05) is 47.4 Å². The number of hydrogen-bond acceptors (Lipinski definition) is 6. The van der Waals surface area contributed by atoms with Gasteiger partial charge in [0.2, 0.25) is 0 Å². The maximum absolute atomic E-state index is 13.0. The summed E-state index contributed by atoms with van der Waals surface area (Å²) >= 11 is 1.45. The fraction of sp³-hybridized carbons (Fsp3) is 0.200. The number of nitro groups is 1. The lowest BCUT2D eigenvalue weighted by molar-refractivity contribution is -0.384. The zero-order chi connectivity index (χ0) is 22.8. The molecule has 166 valence electrons. The number of carbonyl (C=O) groups excluding carboxylic acids is 1. The molecule has 1 amide bonds. The van der Waals surface area contributed by atoms with Crippen molar-refractivity contribution in [3.8, 4) is 0 Å². The molecule has 0 bridgehead atoms. The highest BCUT2D eigenvalue weighted by Gasteiger charge is 2.24. The number of carbonyl (C=O) groups is 1. The van der Waals surface area contributed by atoms with Crippen molar-refractivity contribution in [3.63, 3.8) is 0 Å². The second-order valence-electron chi connectivity index (χ2n) is 8.04. The second-order valence-corrected chi connectivity index (χ2v) is 9.05. The molecule has 1 saturated heterocycles. The lowest BCUT2D eigenvalue weighted by Gasteiger charge is -2.34. The first-order valence-electron chi connectivity index (χ1n) is 10.8. The van der Waals surface area contributed by atoms with Crippen LogP contribution in [0, 0.1) is 10.1 Å². The van der Waals surface area contributed by atoms with E-state index in [0.29, 0.717) is 31.7 Å². The number of nitrogens with zero attached hydrogens (tertiary/aromatic N) is 4. The number of benzene rings is 3. The third kappa shape index (κ3) is 4.56. The molecule has 3 aromatic carbocycles. The molecular weight excluding hydrogens is 436 g/mol. The molecule has 0 radical (unpaired) electrons. The SMILES string of the molecule is O=C(c1ccc(Cc2ccccc2)cc1)N1CCN(c2nc3ccc([N+](=O)[O-])cc3s2)CC1. The van der Waals surface area contributed by atoms with E-state index in [4.69, 9.17) is 0 Å². The Morgan fingerprint density at radius 2 is 1.64 bits per heavy atom. The first kappa shape index (κ1) is 21.1. The molecule has 0 N–H and O–H groups in total. The summed E-state index contributed by atoms with van der Waals surface area (Å²) in [6.45, 7) is 2.58. The Balaban J connectivity index is 1.21.